The van der Waals surface area contributed by atoms with Gasteiger partial charge >= 0.3 is 0 Å². The Bertz CT molecular complexity index is 528. The minimum Gasteiger partial charge on any atom is -0.310 e. The van der Waals surface area contributed by atoms with Crippen LogP contribution in [-0.2, 0) is 20.4 Å². The van der Waals surface area contributed by atoms with E-state index in [2.05, 4.69) is 5.32 Å². The first-order chi connectivity index (χ1) is 8.35. The molecule has 1 unspecified atom stereocenters. The molecule has 0 bridgehead atoms. The fourth-order valence-corrected chi connectivity index (χ4v) is 3.60. The summed E-state index contributed by atoms with van der Waals surface area (Å²) in [4.78, 5) is 11.2. The quantitative estimate of drug-likeness (QED) is 0.860. The van der Waals surface area contributed by atoms with Crippen molar-refractivity contribution in [3.05, 3.63) is 34.9 Å². The van der Waals surface area contributed by atoms with Crippen LogP contribution in [0.1, 0.15) is 12.5 Å². The van der Waals surface area contributed by atoms with Crippen molar-refractivity contribution in [2.45, 2.75) is 18.7 Å². The highest BCUT2D eigenvalue weighted by atomic mass is 35.5. The summed E-state index contributed by atoms with van der Waals surface area (Å²) in [6.07, 6.45) is 0. The summed E-state index contributed by atoms with van der Waals surface area (Å²) >= 11 is 5.92. The number of sulfone groups is 1. The van der Waals surface area contributed by atoms with Gasteiger partial charge in [-0.3, -0.25) is 4.79 Å². The molecule has 1 N–H and O–H groups in total. The fourth-order valence-electron chi connectivity index (χ4n) is 1.57. The van der Waals surface area contributed by atoms with Crippen LogP contribution in [0.3, 0.4) is 0 Å². The molecule has 0 aliphatic rings. The first-order valence-electron chi connectivity index (χ1n) is 5.47. The lowest BCUT2D eigenvalue weighted by atomic mass is 10.2. The summed E-state index contributed by atoms with van der Waals surface area (Å²) in [6, 6.07) is 6.12. The second-order valence-electron chi connectivity index (χ2n) is 4.10. The van der Waals surface area contributed by atoms with Gasteiger partial charge in [0, 0.05) is 5.02 Å². The van der Waals surface area contributed by atoms with E-state index in [1.807, 2.05) is 0 Å². The van der Waals surface area contributed by atoms with Crippen molar-refractivity contribution in [3.63, 3.8) is 0 Å². The number of carbonyl (C=O) groups excluding carboxylic acids is 1. The Labute approximate surface area is 112 Å². The fraction of sp³-hybridized carbons (Fsp3) is 0.417. The third kappa shape index (κ3) is 4.40. The molecule has 0 heterocycles. The average molecular weight is 290 g/mol. The molecule has 1 atom stereocenters. The Balaban J connectivity index is 2.83. The largest absolute Gasteiger partial charge is 0.310 e. The van der Waals surface area contributed by atoms with Gasteiger partial charge in [0.2, 0.25) is 0 Å². The maximum Gasteiger partial charge on any atom is 0.156 e. The van der Waals surface area contributed by atoms with E-state index >= 15 is 0 Å². The van der Waals surface area contributed by atoms with Crippen molar-refractivity contribution in [2.24, 2.45) is 0 Å². The van der Waals surface area contributed by atoms with E-state index < -0.39 is 15.9 Å². The van der Waals surface area contributed by atoms with Crippen LogP contribution >= 0.6 is 11.6 Å². The summed E-state index contributed by atoms with van der Waals surface area (Å²) in [7, 11) is -1.81. The van der Waals surface area contributed by atoms with Gasteiger partial charge in [-0.25, -0.2) is 8.42 Å². The van der Waals surface area contributed by atoms with E-state index in [0.717, 1.165) is 0 Å². The van der Waals surface area contributed by atoms with E-state index in [1.165, 1.54) is 6.92 Å². The van der Waals surface area contributed by atoms with Gasteiger partial charge in [0.15, 0.2) is 9.84 Å². The smallest absolute Gasteiger partial charge is 0.156 e. The van der Waals surface area contributed by atoms with E-state index in [1.54, 1.807) is 31.3 Å². The van der Waals surface area contributed by atoms with Gasteiger partial charge < -0.3 is 5.32 Å². The molecule has 0 fully saturated rings. The molecule has 0 aliphatic heterocycles. The third-order valence-corrected chi connectivity index (χ3v) is 4.55. The number of halogens is 1. The first kappa shape index (κ1) is 15.1. The van der Waals surface area contributed by atoms with Crippen molar-refractivity contribution >= 4 is 27.2 Å². The van der Waals surface area contributed by atoms with Crippen LogP contribution in [0, 0.1) is 0 Å². The normalized spacial score (nSPS) is 13.3. The second-order valence-corrected chi connectivity index (χ2v) is 6.61. The lowest BCUT2D eigenvalue weighted by Gasteiger charge is -2.13. The number of Topliss-reactive ketones (excluding diaryl/α,β-unsaturated/α-hetero) is 1. The van der Waals surface area contributed by atoms with Crippen molar-refractivity contribution in [1.82, 2.24) is 5.32 Å². The zero-order chi connectivity index (χ0) is 13.8. The van der Waals surface area contributed by atoms with Crippen molar-refractivity contribution in [1.29, 1.82) is 0 Å². The highest BCUT2D eigenvalue weighted by Gasteiger charge is 2.22. The van der Waals surface area contributed by atoms with Crippen molar-refractivity contribution in [2.75, 3.05) is 12.8 Å². The molecule has 0 radical (unpaired) electrons. The van der Waals surface area contributed by atoms with Gasteiger partial charge in [-0.05, 0) is 25.6 Å². The van der Waals surface area contributed by atoms with Crippen LogP contribution < -0.4 is 5.32 Å². The standard InChI is InChI=1S/C12H16ClNO3S/c1-9(15)12(14-2)8-18(16,17)7-10-5-3-4-6-11(10)13/h3-6,12,14H,7-8H2,1-2H3. The molecule has 100 valence electrons. The molecule has 18 heavy (non-hydrogen) atoms. The van der Waals surface area contributed by atoms with E-state index in [9.17, 15) is 13.2 Å². The minimum atomic E-state index is -3.38. The maximum atomic E-state index is 12.0. The van der Waals surface area contributed by atoms with Gasteiger partial charge in [-0.2, -0.15) is 0 Å². The number of carbonyl (C=O) groups is 1. The summed E-state index contributed by atoms with van der Waals surface area (Å²) < 4.78 is 24.0. The molecule has 6 heteroatoms. The number of hydrogen-bond acceptors (Lipinski definition) is 4. The molecule has 0 spiro atoms. The van der Waals surface area contributed by atoms with Crippen LogP contribution in [-0.4, -0.2) is 33.0 Å². The molecule has 0 aliphatic carbocycles. The van der Waals surface area contributed by atoms with Gasteiger partial charge in [-0.15, -0.1) is 0 Å². The predicted molar refractivity (Wildman–Crippen MR) is 72.5 cm³/mol. The van der Waals surface area contributed by atoms with Crippen LogP contribution in [0.5, 0.6) is 0 Å². The first-order valence-corrected chi connectivity index (χ1v) is 7.67. The van der Waals surface area contributed by atoms with Crippen molar-refractivity contribution < 1.29 is 13.2 Å². The average Bonchev–Trinajstić information content (AvgIpc) is 2.28. The summed E-state index contributed by atoms with van der Waals surface area (Å²) in [5, 5.41) is 3.12. The minimum absolute atomic E-state index is 0.155. The van der Waals surface area contributed by atoms with Crippen LogP contribution in [0.15, 0.2) is 24.3 Å². The predicted octanol–water partition coefficient (Wildman–Crippen LogP) is 1.43. The zero-order valence-corrected chi connectivity index (χ0v) is 11.9. The van der Waals surface area contributed by atoms with Gasteiger partial charge in [-0.1, -0.05) is 29.8 Å². The number of nitrogens with one attached hydrogen (secondary N) is 1. The number of rotatable bonds is 6. The highest BCUT2D eigenvalue weighted by Crippen LogP contribution is 2.18. The highest BCUT2D eigenvalue weighted by molar-refractivity contribution is 7.90. The molecule has 0 saturated carbocycles. The number of hydrogen-bond donors (Lipinski definition) is 1. The van der Waals surface area contributed by atoms with E-state index in [-0.39, 0.29) is 17.3 Å². The Hall–Kier alpha value is -0.910. The number of benzene rings is 1. The Morgan fingerprint density at radius 2 is 2.00 bits per heavy atom. The lowest BCUT2D eigenvalue weighted by molar-refractivity contribution is -0.118. The van der Waals surface area contributed by atoms with Crippen LogP contribution in [0.2, 0.25) is 5.02 Å². The Morgan fingerprint density at radius 3 is 2.50 bits per heavy atom. The monoisotopic (exact) mass is 289 g/mol. The van der Waals surface area contributed by atoms with E-state index in [0.29, 0.717) is 10.6 Å². The Kier molecular flexibility index (Phi) is 5.31. The van der Waals surface area contributed by atoms with Crippen LogP contribution in [0.4, 0.5) is 0 Å². The molecular formula is C12H16ClNO3S. The molecular weight excluding hydrogens is 274 g/mol. The SMILES string of the molecule is CNC(CS(=O)(=O)Cc1ccccc1Cl)C(C)=O. The number of ketones is 1. The summed E-state index contributed by atoms with van der Waals surface area (Å²) in [5.41, 5.74) is 0.553. The van der Waals surface area contributed by atoms with Crippen molar-refractivity contribution in [3.8, 4) is 0 Å². The molecule has 1 aromatic rings. The van der Waals surface area contributed by atoms with Gasteiger partial charge in [0.25, 0.3) is 0 Å². The number of likely N-dealkylation sites (N-methyl/N-ethyl adjacent to an activating group) is 1. The van der Waals surface area contributed by atoms with Crippen LogP contribution in [0.25, 0.3) is 0 Å². The zero-order valence-electron chi connectivity index (χ0n) is 10.3. The molecule has 0 saturated heterocycles. The molecule has 1 rings (SSSR count). The molecule has 1 aromatic carbocycles. The molecule has 0 aromatic heterocycles. The van der Waals surface area contributed by atoms with Gasteiger partial charge in [0.05, 0.1) is 17.5 Å². The maximum absolute atomic E-state index is 12.0. The molecule has 4 nitrogen and oxygen atoms in total. The Morgan fingerprint density at radius 1 is 1.39 bits per heavy atom. The lowest BCUT2D eigenvalue weighted by Crippen LogP contribution is -2.39. The van der Waals surface area contributed by atoms with E-state index in [4.69, 9.17) is 11.6 Å². The third-order valence-electron chi connectivity index (χ3n) is 2.59. The second kappa shape index (κ2) is 6.31. The molecule has 0 amide bonds. The van der Waals surface area contributed by atoms with Gasteiger partial charge in [0.1, 0.15) is 5.78 Å². The summed E-state index contributed by atoms with van der Waals surface area (Å²) in [5.74, 6) is -0.567. The topological polar surface area (TPSA) is 63.2 Å². The summed E-state index contributed by atoms with van der Waals surface area (Å²) in [6.45, 7) is 1.37.